The highest BCUT2D eigenvalue weighted by Crippen LogP contribution is 2.33. The van der Waals surface area contributed by atoms with Crippen LogP contribution in [-0.2, 0) is 4.79 Å². The number of nitrogens with one attached hydrogen (secondary N) is 1. The molecule has 0 aromatic rings. The van der Waals surface area contributed by atoms with E-state index in [0.29, 0.717) is 18.4 Å². The van der Waals surface area contributed by atoms with Gasteiger partial charge in [0.1, 0.15) is 0 Å². The Kier molecular flexibility index (Phi) is 3.34. The van der Waals surface area contributed by atoms with Gasteiger partial charge in [-0.15, -0.1) is 0 Å². The molecule has 0 spiro atoms. The minimum Gasteiger partial charge on any atom is -0.339 e. The highest BCUT2D eigenvalue weighted by Gasteiger charge is 2.43. The van der Waals surface area contributed by atoms with Crippen molar-refractivity contribution in [2.45, 2.75) is 32.0 Å². The molecular formula is C11H17F3N2O. The van der Waals surface area contributed by atoms with Gasteiger partial charge in [-0.1, -0.05) is 0 Å². The number of fused-ring (bicyclic) bond motifs is 1. The van der Waals surface area contributed by atoms with Gasteiger partial charge in [-0.25, -0.2) is 0 Å². The second kappa shape index (κ2) is 4.48. The Bertz CT molecular complexity index is 306. The van der Waals surface area contributed by atoms with Crippen molar-refractivity contribution >= 4 is 5.91 Å². The molecule has 0 saturated carbocycles. The summed E-state index contributed by atoms with van der Waals surface area (Å²) in [5.41, 5.74) is 0. The molecule has 1 amide bonds. The topological polar surface area (TPSA) is 32.3 Å². The molecule has 2 rings (SSSR count). The number of alkyl halides is 3. The van der Waals surface area contributed by atoms with Crippen molar-refractivity contribution in [2.24, 2.45) is 11.8 Å². The van der Waals surface area contributed by atoms with Gasteiger partial charge in [0.2, 0.25) is 5.91 Å². The number of rotatable bonds is 2. The largest absolute Gasteiger partial charge is 0.389 e. The first-order valence-corrected chi connectivity index (χ1v) is 5.95. The molecule has 2 heterocycles. The van der Waals surface area contributed by atoms with Crippen LogP contribution in [0, 0.1) is 11.8 Å². The van der Waals surface area contributed by atoms with Gasteiger partial charge in [0.05, 0.1) is 6.42 Å². The summed E-state index contributed by atoms with van der Waals surface area (Å²) < 4.78 is 36.2. The normalized spacial score (nSPS) is 32.9. The molecule has 6 heteroatoms. The molecule has 17 heavy (non-hydrogen) atoms. The molecular weight excluding hydrogens is 233 g/mol. The van der Waals surface area contributed by atoms with Crippen LogP contribution in [0.25, 0.3) is 0 Å². The van der Waals surface area contributed by atoms with Gasteiger partial charge in [0.25, 0.3) is 0 Å². The van der Waals surface area contributed by atoms with Crippen LogP contribution in [0.15, 0.2) is 0 Å². The maximum atomic E-state index is 12.1. The summed E-state index contributed by atoms with van der Waals surface area (Å²) in [6.07, 6.45) is -5.67. The van der Waals surface area contributed by atoms with E-state index in [-0.39, 0.29) is 11.9 Å². The Balaban J connectivity index is 1.88. The number of carbonyl (C=O) groups excluding carboxylic acids is 1. The SMILES string of the molecule is CC1C2CNCC2CN1C(=O)CCC(F)(F)F. The molecule has 3 nitrogen and oxygen atoms in total. The first-order valence-electron chi connectivity index (χ1n) is 5.95. The summed E-state index contributed by atoms with van der Waals surface area (Å²) in [5.74, 6) is 0.467. The molecule has 0 aliphatic carbocycles. The minimum absolute atomic E-state index is 0.0655. The molecule has 2 aliphatic heterocycles. The summed E-state index contributed by atoms with van der Waals surface area (Å²) in [5, 5.41) is 3.25. The van der Waals surface area contributed by atoms with Crippen molar-refractivity contribution < 1.29 is 18.0 Å². The van der Waals surface area contributed by atoms with E-state index >= 15 is 0 Å². The van der Waals surface area contributed by atoms with E-state index in [0.717, 1.165) is 13.1 Å². The van der Waals surface area contributed by atoms with Crippen LogP contribution in [-0.4, -0.2) is 42.7 Å². The summed E-state index contributed by atoms with van der Waals surface area (Å²) in [6.45, 7) is 4.28. The smallest absolute Gasteiger partial charge is 0.339 e. The minimum atomic E-state index is -4.24. The summed E-state index contributed by atoms with van der Waals surface area (Å²) >= 11 is 0. The fourth-order valence-corrected chi connectivity index (χ4v) is 2.89. The number of hydrogen-bond acceptors (Lipinski definition) is 2. The lowest BCUT2D eigenvalue weighted by Gasteiger charge is -2.24. The van der Waals surface area contributed by atoms with Crippen LogP contribution in [0.1, 0.15) is 19.8 Å². The summed E-state index contributed by atoms with van der Waals surface area (Å²) in [7, 11) is 0. The number of likely N-dealkylation sites (tertiary alicyclic amines) is 1. The van der Waals surface area contributed by atoms with Crippen molar-refractivity contribution in [2.75, 3.05) is 19.6 Å². The van der Waals surface area contributed by atoms with E-state index in [4.69, 9.17) is 0 Å². The summed E-state index contributed by atoms with van der Waals surface area (Å²) in [6, 6.07) is 0.0655. The maximum Gasteiger partial charge on any atom is 0.389 e. The molecule has 1 N–H and O–H groups in total. The van der Waals surface area contributed by atoms with Crippen molar-refractivity contribution in [3.8, 4) is 0 Å². The molecule has 2 saturated heterocycles. The fourth-order valence-electron chi connectivity index (χ4n) is 2.89. The standard InChI is InChI=1S/C11H17F3N2O/c1-7-9-5-15-4-8(9)6-16(7)10(17)2-3-11(12,13)14/h7-9,15H,2-6H2,1H3. The first kappa shape index (κ1) is 12.7. The van der Waals surface area contributed by atoms with Crippen molar-refractivity contribution in [1.29, 1.82) is 0 Å². The molecule has 0 aromatic heterocycles. The van der Waals surface area contributed by atoms with E-state index in [1.165, 1.54) is 0 Å². The summed E-state index contributed by atoms with van der Waals surface area (Å²) in [4.78, 5) is 13.4. The molecule has 0 aromatic carbocycles. The van der Waals surface area contributed by atoms with Gasteiger partial charge in [-0.2, -0.15) is 13.2 Å². The van der Waals surface area contributed by atoms with Gasteiger partial charge in [0, 0.05) is 32.1 Å². The second-order valence-corrected chi connectivity index (χ2v) is 4.98. The zero-order valence-corrected chi connectivity index (χ0v) is 9.76. The third kappa shape index (κ3) is 2.73. The van der Waals surface area contributed by atoms with Gasteiger partial charge in [0.15, 0.2) is 0 Å². The molecule has 3 unspecified atom stereocenters. The number of hydrogen-bond donors (Lipinski definition) is 1. The Morgan fingerprint density at radius 2 is 2.12 bits per heavy atom. The zero-order valence-electron chi connectivity index (χ0n) is 9.76. The quantitative estimate of drug-likeness (QED) is 0.803. The van der Waals surface area contributed by atoms with Crippen molar-refractivity contribution in [3.63, 3.8) is 0 Å². The van der Waals surface area contributed by atoms with E-state index in [9.17, 15) is 18.0 Å². The number of halogens is 3. The van der Waals surface area contributed by atoms with Crippen LogP contribution in [0.5, 0.6) is 0 Å². The molecule has 0 bridgehead atoms. The molecule has 2 aliphatic rings. The van der Waals surface area contributed by atoms with Crippen LogP contribution < -0.4 is 5.32 Å². The third-order valence-corrected chi connectivity index (χ3v) is 3.88. The van der Waals surface area contributed by atoms with E-state index in [2.05, 4.69) is 5.32 Å². The third-order valence-electron chi connectivity index (χ3n) is 3.88. The highest BCUT2D eigenvalue weighted by atomic mass is 19.4. The predicted molar refractivity (Wildman–Crippen MR) is 56.3 cm³/mol. The van der Waals surface area contributed by atoms with Gasteiger partial charge >= 0.3 is 6.18 Å². The Labute approximate surface area is 98.3 Å². The lowest BCUT2D eigenvalue weighted by atomic mass is 9.95. The number of nitrogens with zero attached hydrogens (tertiary/aromatic N) is 1. The lowest BCUT2D eigenvalue weighted by molar-refractivity contribution is -0.149. The molecule has 2 fully saturated rings. The predicted octanol–water partition coefficient (Wildman–Crippen LogP) is 1.40. The average Bonchev–Trinajstić information content (AvgIpc) is 2.77. The van der Waals surface area contributed by atoms with Gasteiger partial charge in [-0.05, 0) is 18.8 Å². The van der Waals surface area contributed by atoms with Gasteiger partial charge < -0.3 is 10.2 Å². The van der Waals surface area contributed by atoms with Crippen molar-refractivity contribution in [1.82, 2.24) is 10.2 Å². The Morgan fingerprint density at radius 3 is 2.71 bits per heavy atom. The molecule has 0 radical (unpaired) electrons. The van der Waals surface area contributed by atoms with Crippen LogP contribution in [0.3, 0.4) is 0 Å². The number of amides is 1. The first-order chi connectivity index (χ1) is 7.88. The van der Waals surface area contributed by atoms with E-state index in [1.54, 1.807) is 4.90 Å². The highest BCUT2D eigenvalue weighted by molar-refractivity contribution is 5.77. The number of carbonyl (C=O) groups is 1. The molecule has 98 valence electrons. The fraction of sp³-hybridized carbons (Fsp3) is 0.909. The van der Waals surface area contributed by atoms with E-state index in [1.807, 2.05) is 6.92 Å². The van der Waals surface area contributed by atoms with E-state index < -0.39 is 19.0 Å². The lowest BCUT2D eigenvalue weighted by Crippen LogP contribution is -2.38. The van der Waals surface area contributed by atoms with Crippen LogP contribution in [0.2, 0.25) is 0 Å². The van der Waals surface area contributed by atoms with Crippen molar-refractivity contribution in [3.05, 3.63) is 0 Å². The van der Waals surface area contributed by atoms with Crippen LogP contribution >= 0.6 is 0 Å². The Hall–Kier alpha value is -0.780. The monoisotopic (exact) mass is 250 g/mol. The zero-order chi connectivity index (χ0) is 12.6. The van der Waals surface area contributed by atoms with Gasteiger partial charge in [-0.3, -0.25) is 4.79 Å². The average molecular weight is 250 g/mol. The molecule has 3 atom stereocenters. The van der Waals surface area contributed by atoms with Crippen LogP contribution in [0.4, 0.5) is 13.2 Å². The Morgan fingerprint density at radius 1 is 1.41 bits per heavy atom. The second-order valence-electron chi connectivity index (χ2n) is 4.98. The maximum absolute atomic E-state index is 12.1.